The van der Waals surface area contributed by atoms with Gasteiger partial charge in [0.1, 0.15) is 0 Å². The van der Waals surface area contributed by atoms with Crippen LogP contribution in [0.3, 0.4) is 0 Å². The van der Waals surface area contributed by atoms with Crippen LogP contribution in [0, 0.1) is 5.92 Å². The fourth-order valence-corrected chi connectivity index (χ4v) is 1.52. The second-order valence-corrected chi connectivity index (χ2v) is 4.45. The normalized spacial score (nSPS) is 22.0. The summed E-state index contributed by atoms with van der Waals surface area (Å²) >= 11 is 0. The summed E-state index contributed by atoms with van der Waals surface area (Å²) in [5, 5.41) is 0. The third-order valence-electron chi connectivity index (χ3n) is 3.23. The Bertz CT molecular complexity index is 141. The molecule has 0 saturated heterocycles. The summed E-state index contributed by atoms with van der Waals surface area (Å²) in [4.78, 5) is 0. The number of rotatable bonds is 4. The van der Waals surface area contributed by atoms with Gasteiger partial charge in [-0.05, 0) is 26.2 Å². The molecule has 0 aromatic rings. The minimum absolute atomic E-state index is 0.157. The van der Waals surface area contributed by atoms with E-state index in [1.54, 1.807) is 7.11 Å². The lowest BCUT2D eigenvalue weighted by Crippen LogP contribution is -2.46. The van der Waals surface area contributed by atoms with Crippen LogP contribution in [0.15, 0.2) is 0 Å². The average Bonchev–Trinajstić information content (AvgIpc) is 1.96. The maximum absolute atomic E-state index is 6.05. The highest BCUT2D eigenvalue weighted by Crippen LogP contribution is 2.32. The highest BCUT2D eigenvalue weighted by molar-refractivity contribution is 4.86. The van der Waals surface area contributed by atoms with Crippen molar-refractivity contribution >= 4 is 0 Å². The third-order valence-corrected chi connectivity index (χ3v) is 3.23. The van der Waals surface area contributed by atoms with Crippen LogP contribution in [0.5, 0.6) is 0 Å². The summed E-state index contributed by atoms with van der Waals surface area (Å²) in [7, 11) is 1.74. The van der Waals surface area contributed by atoms with Crippen LogP contribution in [0.2, 0.25) is 0 Å². The van der Waals surface area contributed by atoms with E-state index < -0.39 is 0 Å². The highest BCUT2D eigenvalue weighted by Gasteiger charge is 2.30. The molecule has 0 amide bonds. The van der Waals surface area contributed by atoms with Crippen molar-refractivity contribution in [1.29, 1.82) is 0 Å². The zero-order chi connectivity index (χ0) is 9.19. The van der Waals surface area contributed by atoms with Gasteiger partial charge in [-0.25, -0.2) is 0 Å². The van der Waals surface area contributed by atoms with Crippen molar-refractivity contribution < 1.29 is 4.74 Å². The Hall–Kier alpha value is -0.0800. The number of hydrogen-bond acceptors (Lipinski definition) is 2. The molecule has 2 N–H and O–H groups in total. The maximum atomic E-state index is 6.05. The van der Waals surface area contributed by atoms with Crippen LogP contribution in [0.1, 0.15) is 39.5 Å². The molecule has 2 heteroatoms. The minimum Gasteiger partial charge on any atom is -0.377 e. The molecule has 1 saturated carbocycles. The second-order valence-electron chi connectivity index (χ2n) is 4.45. The van der Waals surface area contributed by atoms with E-state index in [2.05, 4.69) is 13.8 Å². The average molecular weight is 171 g/mol. The van der Waals surface area contributed by atoms with E-state index in [0.717, 1.165) is 12.3 Å². The van der Waals surface area contributed by atoms with Gasteiger partial charge in [-0.1, -0.05) is 19.3 Å². The summed E-state index contributed by atoms with van der Waals surface area (Å²) in [5.74, 6) is 0.870. The van der Waals surface area contributed by atoms with Crippen molar-refractivity contribution in [2.75, 3.05) is 7.11 Å². The van der Waals surface area contributed by atoms with Crippen molar-refractivity contribution in [3.05, 3.63) is 0 Å². The van der Waals surface area contributed by atoms with Crippen LogP contribution in [-0.2, 0) is 4.74 Å². The molecular formula is C10H21NO. The van der Waals surface area contributed by atoms with Crippen LogP contribution in [0.4, 0.5) is 0 Å². The molecule has 0 heterocycles. The van der Waals surface area contributed by atoms with Crippen LogP contribution in [0.25, 0.3) is 0 Å². The molecule has 1 fully saturated rings. The number of ether oxygens (including phenoxy) is 1. The van der Waals surface area contributed by atoms with Crippen molar-refractivity contribution in [2.24, 2.45) is 11.7 Å². The Morgan fingerprint density at radius 3 is 2.42 bits per heavy atom. The molecule has 0 aromatic heterocycles. The standard InChI is InChI=1S/C10H21NO/c1-10(2,12-3)9(11)7-8-5-4-6-8/h8-9H,4-7,11H2,1-3H3. The van der Waals surface area contributed by atoms with Gasteiger partial charge in [0, 0.05) is 13.2 Å². The van der Waals surface area contributed by atoms with E-state index in [1.165, 1.54) is 19.3 Å². The molecule has 1 rings (SSSR count). The van der Waals surface area contributed by atoms with Crippen LogP contribution < -0.4 is 5.73 Å². The molecule has 1 aliphatic rings. The SMILES string of the molecule is COC(C)(C)C(N)CC1CCC1. The number of hydrogen-bond donors (Lipinski definition) is 1. The van der Waals surface area contributed by atoms with Crippen molar-refractivity contribution in [3.63, 3.8) is 0 Å². The second kappa shape index (κ2) is 3.75. The molecule has 2 nitrogen and oxygen atoms in total. The minimum atomic E-state index is -0.157. The van der Waals surface area contributed by atoms with Gasteiger partial charge < -0.3 is 10.5 Å². The van der Waals surface area contributed by atoms with Crippen molar-refractivity contribution in [2.45, 2.75) is 51.2 Å². The van der Waals surface area contributed by atoms with E-state index in [9.17, 15) is 0 Å². The summed E-state index contributed by atoms with van der Waals surface area (Å²) < 4.78 is 5.34. The first kappa shape index (κ1) is 10.0. The molecule has 0 aromatic carbocycles. The van der Waals surface area contributed by atoms with E-state index in [1.807, 2.05) is 0 Å². The Balaban J connectivity index is 2.30. The summed E-state index contributed by atoms with van der Waals surface area (Å²) in [5.41, 5.74) is 5.89. The van der Waals surface area contributed by atoms with Crippen molar-refractivity contribution in [3.8, 4) is 0 Å². The molecule has 1 aliphatic carbocycles. The van der Waals surface area contributed by atoms with Gasteiger partial charge in [0.15, 0.2) is 0 Å². The van der Waals surface area contributed by atoms with E-state index in [4.69, 9.17) is 10.5 Å². The first-order valence-electron chi connectivity index (χ1n) is 4.87. The summed E-state index contributed by atoms with van der Waals surface area (Å²) in [6.07, 6.45) is 5.26. The Morgan fingerprint density at radius 2 is 2.08 bits per heavy atom. The summed E-state index contributed by atoms with van der Waals surface area (Å²) in [6, 6.07) is 0.188. The van der Waals surface area contributed by atoms with E-state index in [0.29, 0.717) is 0 Å². The van der Waals surface area contributed by atoms with Gasteiger partial charge in [0.2, 0.25) is 0 Å². The topological polar surface area (TPSA) is 35.2 Å². The predicted molar refractivity (Wildman–Crippen MR) is 51.0 cm³/mol. The molecule has 1 unspecified atom stereocenters. The first-order valence-corrected chi connectivity index (χ1v) is 4.87. The Labute approximate surface area is 75.5 Å². The van der Waals surface area contributed by atoms with Gasteiger partial charge in [-0.2, -0.15) is 0 Å². The third kappa shape index (κ3) is 2.20. The summed E-state index contributed by atoms with van der Waals surface area (Å²) in [6.45, 7) is 4.13. The Kier molecular flexibility index (Phi) is 3.13. The van der Waals surface area contributed by atoms with Crippen molar-refractivity contribution in [1.82, 2.24) is 0 Å². The molecule has 12 heavy (non-hydrogen) atoms. The van der Waals surface area contributed by atoms with Gasteiger partial charge in [-0.15, -0.1) is 0 Å². The lowest BCUT2D eigenvalue weighted by Gasteiger charge is -2.35. The number of nitrogens with two attached hydrogens (primary N) is 1. The Morgan fingerprint density at radius 1 is 1.50 bits per heavy atom. The smallest absolute Gasteiger partial charge is 0.0773 e. The number of methoxy groups -OCH3 is 1. The first-order chi connectivity index (χ1) is 5.56. The zero-order valence-corrected chi connectivity index (χ0v) is 8.47. The predicted octanol–water partition coefficient (Wildman–Crippen LogP) is 1.93. The molecule has 0 bridgehead atoms. The van der Waals surface area contributed by atoms with Crippen LogP contribution >= 0.6 is 0 Å². The highest BCUT2D eigenvalue weighted by atomic mass is 16.5. The molecule has 0 aliphatic heterocycles. The molecule has 72 valence electrons. The van der Waals surface area contributed by atoms with E-state index >= 15 is 0 Å². The molecular weight excluding hydrogens is 150 g/mol. The molecule has 1 atom stereocenters. The largest absolute Gasteiger partial charge is 0.377 e. The zero-order valence-electron chi connectivity index (χ0n) is 8.47. The van der Waals surface area contributed by atoms with Gasteiger partial charge in [0.25, 0.3) is 0 Å². The monoisotopic (exact) mass is 171 g/mol. The van der Waals surface area contributed by atoms with Gasteiger partial charge in [-0.3, -0.25) is 0 Å². The fraction of sp³-hybridized carbons (Fsp3) is 1.00. The van der Waals surface area contributed by atoms with Gasteiger partial charge >= 0.3 is 0 Å². The quantitative estimate of drug-likeness (QED) is 0.701. The van der Waals surface area contributed by atoms with E-state index in [-0.39, 0.29) is 11.6 Å². The molecule has 0 radical (unpaired) electrons. The van der Waals surface area contributed by atoms with Gasteiger partial charge in [0.05, 0.1) is 5.60 Å². The molecule has 0 spiro atoms. The maximum Gasteiger partial charge on any atom is 0.0773 e. The lowest BCUT2D eigenvalue weighted by atomic mass is 9.78. The van der Waals surface area contributed by atoms with Crippen LogP contribution in [-0.4, -0.2) is 18.8 Å². The lowest BCUT2D eigenvalue weighted by molar-refractivity contribution is -0.00876. The fourth-order valence-electron chi connectivity index (χ4n) is 1.52.